The van der Waals surface area contributed by atoms with Gasteiger partial charge in [-0.2, -0.15) is 0 Å². The molecule has 3 nitrogen and oxygen atoms in total. The molecule has 0 radical (unpaired) electrons. The zero-order valence-corrected chi connectivity index (χ0v) is 16.0. The van der Waals surface area contributed by atoms with Crippen molar-refractivity contribution in [3.63, 3.8) is 0 Å². The molecule has 0 aliphatic heterocycles. The first-order valence-electron chi connectivity index (χ1n) is 10.3. The van der Waals surface area contributed by atoms with E-state index in [2.05, 4.69) is 18.2 Å². The van der Waals surface area contributed by atoms with Crippen molar-refractivity contribution in [2.45, 2.75) is 110 Å². The smallest absolute Gasteiger partial charge is 0.434 e. The van der Waals surface area contributed by atoms with E-state index in [1.165, 1.54) is 89.9 Å². The Morgan fingerprint density at radius 1 is 0.708 bits per heavy atom. The van der Waals surface area contributed by atoms with Gasteiger partial charge in [-0.3, -0.25) is 0 Å². The molecular weight excluding hydrogens is 300 g/mol. The molecule has 0 aliphatic carbocycles. The van der Waals surface area contributed by atoms with Crippen molar-refractivity contribution < 1.29 is 14.3 Å². The number of ether oxygens (including phenoxy) is 2. The van der Waals surface area contributed by atoms with E-state index in [1.54, 1.807) is 0 Å². The third-order valence-corrected chi connectivity index (χ3v) is 4.40. The first-order chi connectivity index (χ1) is 11.8. The maximum Gasteiger partial charge on any atom is 0.513 e. The van der Waals surface area contributed by atoms with E-state index in [1.807, 2.05) is 0 Å². The summed E-state index contributed by atoms with van der Waals surface area (Å²) in [6, 6.07) is 0. The molecule has 142 valence electrons. The van der Waals surface area contributed by atoms with Gasteiger partial charge in [0.05, 0.1) is 12.9 Å². The van der Waals surface area contributed by atoms with Crippen LogP contribution in [0.3, 0.4) is 0 Å². The molecule has 0 spiro atoms. The van der Waals surface area contributed by atoms with Crippen LogP contribution in [0.15, 0.2) is 12.8 Å². The maximum atomic E-state index is 10.9. The second kappa shape index (κ2) is 20.1. The summed E-state index contributed by atoms with van der Waals surface area (Å²) in [5.74, 6) is 0. The van der Waals surface area contributed by atoms with Crippen LogP contribution >= 0.6 is 0 Å². The van der Waals surface area contributed by atoms with Gasteiger partial charge in [0.2, 0.25) is 0 Å². The van der Waals surface area contributed by atoms with Crippen LogP contribution in [0, 0.1) is 0 Å². The van der Waals surface area contributed by atoms with Crippen molar-refractivity contribution in [2.75, 3.05) is 6.61 Å². The Labute approximate surface area is 150 Å². The van der Waals surface area contributed by atoms with Gasteiger partial charge in [0.25, 0.3) is 0 Å². The van der Waals surface area contributed by atoms with Gasteiger partial charge in [-0.05, 0) is 6.42 Å². The number of carbonyl (C=O) groups is 1. The van der Waals surface area contributed by atoms with Crippen molar-refractivity contribution >= 4 is 6.16 Å². The fourth-order valence-electron chi connectivity index (χ4n) is 2.91. The highest BCUT2D eigenvalue weighted by Gasteiger charge is 2.00. The molecule has 0 fully saturated rings. The van der Waals surface area contributed by atoms with Gasteiger partial charge in [-0.15, -0.1) is 0 Å². The Hall–Kier alpha value is -0.990. The molecule has 0 aromatic rings. The molecule has 0 heterocycles. The van der Waals surface area contributed by atoms with Crippen molar-refractivity contribution in [1.29, 1.82) is 0 Å². The maximum absolute atomic E-state index is 10.9. The van der Waals surface area contributed by atoms with Crippen molar-refractivity contribution in [3.8, 4) is 0 Å². The van der Waals surface area contributed by atoms with Gasteiger partial charge < -0.3 is 9.47 Å². The predicted octanol–water partition coefficient (Wildman–Crippen LogP) is 7.54. The molecule has 0 aromatic carbocycles. The van der Waals surface area contributed by atoms with Gasteiger partial charge in [0.15, 0.2) is 0 Å². The van der Waals surface area contributed by atoms with E-state index in [-0.39, 0.29) is 0 Å². The molecule has 0 amide bonds. The fourth-order valence-corrected chi connectivity index (χ4v) is 2.91. The standard InChI is InChI=1S/C21H40O3/c1-3-5-6-7-8-9-10-11-12-13-14-15-16-17-18-19-20-24-21(22)23-4-2/h4H,2-3,5-20H2,1H3. The summed E-state index contributed by atoms with van der Waals surface area (Å²) < 4.78 is 9.34. The molecule has 0 atom stereocenters. The average Bonchev–Trinajstić information content (AvgIpc) is 2.58. The summed E-state index contributed by atoms with van der Waals surface area (Å²) in [7, 11) is 0. The molecule has 0 saturated carbocycles. The second-order valence-electron chi connectivity index (χ2n) is 6.69. The van der Waals surface area contributed by atoms with Crippen LogP contribution in [0.5, 0.6) is 0 Å². The lowest BCUT2D eigenvalue weighted by atomic mass is 10.0. The van der Waals surface area contributed by atoms with E-state index in [9.17, 15) is 4.79 Å². The van der Waals surface area contributed by atoms with Gasteiger partial charge in [-0.25, -0.2) is 4.79 Å². The highest BCUT2D eigenvalue weighted by atomic mass is 16.7. The number of carbonyl (C=O) groups excluding carboxylic acids is 1. The summed E-state index contributed by atoms with van der Waals surface area (Å²) in [5, 5.41) is 0. The van der Waals surface area contributed by atoms with Crippen molar-refractivity contribution in [2.24, 2.45) is 0 Å². The van der Waals surface area contributed by atoms with Crippen LogP contribution in [0.1, 0.15) is 110 Å². The van der Waals surface area contributed by atoms with Gasteiger partial charge >= 0.3 is 6.16 Å². The zero-order valence-electron chi connectivity index (χ0n) is 16.0. The van der Waals surface area contributed by atoms with Gasteiger partial charge in [0.1, 0.15) is 0 Å². The molecule has 0 bridgehead atoms. The molecule has 0 rings (SSSR count). The van der Waals surface area contributed by atoms with Crippen molar-refractivity contribution in [1.82, 2.24) is 0 Å². The van der Waals surface area contributed by atoms with Crippen LogP contribution in [0.4, 0.5) is 4.79 Å². The number of hydrogen-bond donors (Lipinski definition) is 0. The second-order valence-corrected chi connectivity index (χ2v) is 6.69. The quantitative estimate of drug-likeness (QED) is 0.147. The van der Waals surface area contributed by atoms with Crippen LogP contribution in [0.2, 0.25) is 0 Å². The number of unbranched alkanes of at least 4 members (excludes halogenated alkanes) is 15. The minimum atomic E-state index is -0.647. The zero-order chi connectivity index (χ0) is 17.7. The third kappa shape index (κ3) is 19.1. The molecule has 0 aromatic heterocycles. The number of hydrogen-bond acceptors (Lipinski definition) is 3. The molecule has 24 heavy (non-hydrogen) atoms. The fraction of sp³-hybridized carbons (Fsp3) is 0.857. The molecule has 3 heteroatoms. The summed E-state index contributed by atoms with van der Waals surface area (Å²) >= 11 is 0. The summed E-state index contributed by atoms with van der Waals surface area (Å²) in [6.45, 7) is 6.03. The van der Waals surface area contributed by atoms with E-state index in [0.717, 1.165) is 19.1 Å². The highest BCUT2D eigenvalue weighted by Crippen LogP contribution is 2.13. The van der Waals surface area contributed by atoms with Crippen molar-refractivity contribution in [3.05, 3.63) is 12.8 Å². The molecule has 0 aliphatic rings. The van der Waals surface area contributed by atoms with E-state index >= 15 is 0 Å². The predicted molar refractivity (Wildman–Crippen MR) is 102 cm³/mol. The van der Waals surface area contributed by atoms with Gasteiger partial charge in [-0.1, -0.05) is 110 Å². The topological polar surface area (TPSA) is 35.5 Å². The Kier molecular flexibility index (Phi) is 19.2. The lowest BCUT2D eigenvalue weighted by molar-refractivity contribution is 0.0833. The Balaban J connectivity index is 3.02. The largest absolute Gasteiger partial charge is 0.513 e. The summed E-state index contributed by atoms with van der Waals surface area (Å²) in [5.41, 5.74) is 0. The SMILES string of the molecule is C=COC(=O)OCCCCCCCCCCCCCCCCCC. The Morgan fingerprint density at radius 3 is 1.46 bits per heavy atom. The lowest BCUT2D eigenvalue weighted by Gasteiger charge is -2.04. The monoisotopic (exact) mass is 340 g/mol. The van der Waals surface area contributed by atoms with Crippen LogP contribution in [-0.4, -0.2) is 12.8 Å². The summed E-state index contributed by atoms with van der Waals surface area (Å²) in [6.07, 6.45) is 21.9. The van der Waals surface area contributed by atoms with E-state index < -0.39 is 6.16 Å². The van der Waals surface area contributed by atoms with E-state index in [0.29, 0.717) is 6.61 Å². The molecule has 0 N–H and O–H groups in total. The Bertz CT molecular complexity index is 276. The highest BCUT2D eigenvalue weighted by molar-refractivity contribution is 5.60. The summed E-state index contributed by atoms with van der Waals surface area (Å²) in [4.78, 5) is 10.9. The minimum Gasteiger partial charge on any atom is -0.434 e. The van der Waals surface area contributed by atoms with E-state index in [4.69, 9.17) is 4.74 Å². The van der Waals surface area contributed by atoms with Crippen LogP contribution < -0.4 is 0 Å². The lowest BCUT2D eigenvalue weighted by Crippen LogP contribution is -2.04. The van der Waals surface area contributed by atoms with Crippen LogP contribution in [0.25, 0.3) is 0 Å². The minimum absolute atomic E-state index is 0.450. The van der Waals surface area contributed by atoms with Gasteiger partial charge in [0, 0.05) is 0 Å². The first-order valence-corrected chi connectivity index (χ1v) is 10.3. The average molecular weight is 341 g/mol. The normalized spacial score (nSPS) is 10.5. The molecule has 0 unspecified atom stereocenters. The molecular formula is C21H40O3. The van der Waals surface area contributed by atoms with Crippen LogP contribution in [-0.2, 0) is 9.47 Å². The molecule has 0 saturated heterocycles. The first kappa shape index (κ1) is 23.0. The Morgan fingerprint density at radius 2 is 1.08 bits per heavy atom. The third-order valence-electron chi connectivity index (χ3n) is 4.40. The number of rotatable bonds is 18.